The summed E-state index contributed by atoms with van der Waals surface area (Å²) in [5, 5.41) is 8.47. The fraction of sp³-hybridized carbons (Fsp3) is 0.400. The summed E-state index contributed by atoms with van der Waals surface area (Å²) in [6.07, 6.45) is 0.798. The number of carbonyl (C=O) groups is 3. The van der Waals surface area contributed by atoms with Gasteiger partial charge < -0.3 is 9.84 Å². The van der Waals surface area contributed by atoms with Gasteiger partial charge in [-0.2, -0.15) is 0 Å². The van der Waals surface area contributed by atoms with Crippen LogP contribution in [0.1, 0.15) is 48.2 Å². The molecule has 0 aliphatic heterocycles. The maximum absolute atomic E-state index is 12.0. The Bertz CT molecular complexity index is 519. The molecule has 0 heterocycles. The molecular formula is C15H18O5. The van der Waals surface area contributed by atoms with Crippen molar-refractivity contribution in [3.8, 4) is 0 Å². The van der Waals surface area contributed by atoms with E-state index in [1.54, 1.807) is 12.1 Å². The van der Waals surface area contributed by atoms with Crippen LogP contribution in [0.2, 0.25) is 0 Å². The lowest BCUT2D eigenvalue weighted by atomic mass is 9.97. The Balaban J connectivity index is 2.82. The Kier molecular flexibility index (Phi) is 5.90. The van der Waals surface area contributed by atoms with Crippen molar-refractivity contribution in [2.24, 2.45) is 0 Å². The maximum Gasteiger partial charge on any atom is 0.346 e. The molecule has 1 N–H and O–H groups in total. The zero-order valence-corrected chi connectivity index (χ0v) is 11.6. The van der Waals surface area contributed by atoms with Gasteiger partial charge in [0.25, 0.3) is 0 Å². The van der Waals surface area contributed by atoms with Crippen LogP contribution in [0.25, 0.3) is 0 Å². The van der Waals surface area contributed by atoms with Crippen molar-refractivity contribution in [3.05, 3.63) is 34.9 Å². The monoisotopic (exact) mass is 278 g/mol. The third-order valence-corrected chi connectivity index (χ3v) is 2.98. The van der Waals surface area contributed by atoms with Crippen LogP contribution in [-0.2, 0) is 27.2 Å². The molecule has 0 saturated carbocycles. The van der Waals surface area contributed by atoms with E-state index in [0.717, 1.165) is 17.5 Å². The van der Waals surface area contributed by atoms with Crippen molar-refractivity contribution < 1.29 is 24.2 Å². The van der Waals surface area contributed by atoms with Gasteiger partial charge in [-0.3, -0.25) is 9.59 Å². The summed E-state index contributed by atoms with van der Waals surface area (Å²) in [6, 6.07) is 5.29. The van der Waals surface area contributed by atoms with Crippen LogP contribution in [0.15, 0.2) is 18.2 Å². The second-order valence-corrected chi connectivity index (χ2v) is 4.31. The van der Waals surface area contributed by atoms with Gasteiger partial charge in [-0.25, -0.2) is 4.79 Å². The topological polar surface area (TPSA) is 80.7 Å². The van der Waals surface area contributed by atoms with Gasteiger partial charge in [0.05, 0.1) is 18.4 Å². The number of aliphatic carboxylic acids is 1. The minimum atomic E-state index is -1.10. The molecule has 0 fully saturated rings. The molecule has 0 amide bonds. The highest BCUT2D eigenvalue weighted by Gasteiger charge is 2.18. The van der Waals surface area contributed by atoms with E-state index >= 15 is 0 Å². The van der Waals surface area contributed by atoms with Crippen molar-refractivity contribution in [2.45, 2.75) is 39.5 Å². The van der Waals surface area contributed by atoms with Crippen LogP contribution in [0.5, 0.6) is 0 Å². The quantitative estimate of drug-likeness (QED) is 0.638. The fourth-order valence-corrected chi connectivity index (χ4v) is 1.99. The van der Waals surface area contributed by atoms with Gasteiger partial charge in [-0.15, -0.1) is 0 Å². The summed E-state index contributed by atoms with van der Waals surface area (Å²) < 4.78 is 4.69. The van der Waals surface area contributed by atoms with Gasteiger partial charge in [0.15, 0.2) is 0 Å². The fourth-order valence-electron chi connectivity index (χ4n) is 1.99. The van der Waals surface area contributed by atoms with Crippen LogP contribution in [0, 0.1) is 0 Å². The highest BCUT2D eigenvalue weighted by atomic mass is 16.6. The number of benzene rings is 1. The number of carboxylic acids is 1. The van der Waals surface area contributed by atoms with E-state index in [1.807, 2.05) is 19.9 Å². The molecule has 0 radical (unpaired) electrons. The molecule has 20 heavy (non-hydrogen) atoms. The van der Waals surface area contributed by atoms with Gasteiger partial charge in [0.1, 0.15) is 0 Å². The zero-order chi connectivity index (χ0) is 15.1. The largest absolute Gasteiger partial charge is 0.481 e. The molecule has 0 atom stereocenters. The van der Waals surface area contributed by atoms with Crippen molar-refractivity contribution >= 4 is 17.9 Å². The van der Waals surface area contributed by atoms with E-state index < -0.39 is 17.9 Å². The average Bonchev–Trinajstić information content (AvgIpc) is 2.43. The maximum atomic E-state index is 12.0. The van der Waals surface area contributed by atoms with Crippen LogP contribution in [-0.4, -0.2) is 23.0 Å². The lowest BCUT2D eigenvalue weighted by Crippen LogP contribution is -2.16. The molecule has 1 aromatic carbocycles. The first-order valence-corrected chi connectivity index (χ1v) is 6.57. The molecular weight excluding hydrogens is 260 g/mol. The second kappa shape index (κ2) is 7.43. The SMILES string of the molecule is CCc1cccc(C(=O)OC(=O)CCC(=O)O)c1CC. The Hall–Kier alpha value is -2.17. The standard InChI is InChI=1S/C15H18O5/c1-3-10-6-5-7-12(11(10)4-2)15(19)20-14(18)9-8-13(16)17/h5-7H,3-4,8-9H2,1-2H3,(H,16,17). The van der Waals surface area contributed by atoms with Gasteiger partial charge in [-0.1, -0.05) is 26.0 Å². The normalized spacial score (nSPS) is 10.1. The third kappa shape index (κ3) is 4.19. The highest BCUT2D eigenvalue weighted by Crippen LogP contribution is 2.17. The predicted octanol–water partition coefficient (Wildman–Crippen LogP) is 2.36. The van der Waals surface area contributed by atoms with Gasteiger partial charge in [0.2, 0.25) is 0 Å². The molecule has 0 bridgehead atoms. The number of rotatable bonds is 6. The minimum absolute atomic E-state index is 0.310. The van der Waals surface area contributed by atoms with Crippen LogP contribution < -0.4 is 0 Å². The summed E-state index contributed by atoms with van der Waals surface area (Å²) in [5.41, 5.74) is 2.28. The molecule has 1 aromatic rings. The molecule has 0 aliphatic rings. The van der Waals surface area contributed by atoms with Crippen molar-refractivity contribution in [3.63, 3.8) is 0 Å². The number of esters is 2. The molecule has 0 unspecified atom stereocenters. The molecule has 5 nitrogen and oxygen atoms in total. The number of carbonyl (C=O) groups excluding carboxylic acids is 2. The predicted molar refractivity (Wildman–Crippen MR) is 72.5 cm³/mol. The number of carboxylic acid groups (broad SMARTS) is 1. The first-order valence-electron chi connectivity index (χ1n) is 6.57. The van der Waals surface area contributed by atoms with Gasteiger partial charge in [-0.05, 0) is 30.0 Å². The van der Waals surface area contributed by atoms with Gasteiger partial charge >= 0.3 is 17.9 Å². The Morgan fingerprint density at radius 2 is 1.80 bits per heavy atom. The van der Waals surface area contributed by atoms with E-state index in [2.05, 4.69) is 4.74 Å². The Morgan fingerprint density at radius 1 is 1.10 bits per heavy atom. The lowest BCUT2D eigenvalue weighted by molar-refractivity contribution is -0.144. The Labute approximate surface area is 117 Å². The van der Waals surface area contributed by atoms with Crippen LogP contribution >= 0.6 is 0 Å². The van der Waals surface area contributed by atoms with Crippen molar-refractivity contribution in [2.75, 3.05) is 0 Å². The summed E-state index contributed by atoms with van der Waals surface area (Å²) in [6.45, 7) is 3.92. The van der Waals surface area contributed by atoms with Gasteiger partial charge in [0, 0.05) is 0 Å². The van der Waals surface area contributed by atoms with Crippen molar-refractivity contribution in [1.82, 2.24) is 0 Å². The van der Waals surface area contributed by atoms with E-state index in [9.17, 15) is 14.4 Å². The first-order chi connectivity index (χ1) is 9.49. The third-order valence-electron chi connectivity index (χ3n) is 2.98. The average molecular weight is 278 g/mol. The summed E-state index contributed by atoms with van der Waals surface area (Å²) >= 11 is 0. The second-order valence-electron chi connectivity index (χ2n) is 4.31. The number of hydrogen-bond acceptors (Lipinski definition) is 4. The van der Waals surface area contributed by atoms with E-state index in [1.165, 1.54) is 0 Å². The van der Waals surface area contributed by atoms with Crippen LogP contribution in [0.4, 0.5) is 0 Å². The van der Waals surface area contributed by atoms with E-state index in [4.69, 9.17) is 5.11 Å². The highest BCUT2D eigenvalue weighted by molar-refractivity contribution is 5.98. The molecule has 0 spiro atoms. The number of hydrogen-bond donors (Lipinski definition) is 1. The number of ether oxygens (including phenoxy) is 1. The summed E-state index contributed by atoms with van der Waals surface area (Å²) in [5.74, 6) is -2.63. The molecule has 0 aromatic heterocycles. The summed E-state index contributed by atoms with van der Waals surface area (Å²) in [7, 11) is 0. The van der Waals surface area contributed by atoms with Crippen LogP contribution in [0.3, 0.4) is 0 Å². The van der Waals surface area contributed by atoms with E-state index in [0.29, 0.717) is 12.0 Å². The lowest BCUT2D eigenvalue weighted by Gasteiger charge is -2.11. The smallest absolute Gasteiger partial charge is 0.346 e. The molecule has 1 rings (SSSR count). The van der Waals surface area contributed by atoms with Crippen molar-refractivity contribution in [1.29, 1.82) is 0 Å². The minimum Gasteiger partial charge on any atom is -0.481 e. The molecule has 0 aliphatic carbocycles. The first kappa shape index (κ1) is 15.9. The molecule has 108 valence electrons. The summed E-state index contributed by atoms with van der Waals surface area (Å²) in [4.78, 5) is 33.7. The van der Waals surface area contributed by atoms with E-state index in [-0.39, 0.29) is 12.8 Å². The Morgan fingerprint density at radius 3 is 2.35 bits per heavy atom. The molecule has 5 heteroatoms. The number of aryl methyl sites for hydroxylation is 1. The zero-order valence-electron chi connectivity index (χ0n) is 11.6. The molecule has 0 saturated heterocycles.